The van der Waals surface area contributed by atoms with Crippen molar-refractivity contribution in [2.75, 3.05) is 19.9 Å². The molecule has 8 heteroatoms. The molecule has 29 heavy (non-hydrogen) atoms. The molecule has 1 N–H and O–H groups in total. The maximum atomic E-state index is 14.0. The predicted molar refractivity (Wildman–Crippen MR) is 110 cm³/mol. The van der Waals surface area contributed by atoms with Crippen LogP contribution < -0.4 is 56.9 Å². The van der Waals surface area contributed by atoms with Crippen LogP contribution in [0.1, 0.15) is 6.42 Å². The Morgan fingerprint density at radius 1 is 1.52 bits per heavy atom. The van der Waals surface area contributed by atoms with Gasteiger partial charge in [0.25, 0.3) is 0 Å². The van der Waals surface area contributed by atoms with Gasteiger partial charge in [-0.1, -0.05) is 6.58 Å². The van der Waals surface area contributed by atoms with Crippen LogP contribution in [0.4, 0.5) is 4.39 Å². The summed E-state index contributed by atoms with van der Waals surface area (Å²) in [5.41, 5.74) is 4.38. The first-order valence-electron chi connectivity index (χ1n) is 8.63. The zero-order valence-electron chi connectivity index (χ0n) is 17.0. The minimum absolute atomic E-state index is 0. The minimum Gasteiger partial charge on any atom is -0.513 e. The van der Waals surface area contributed by atoms with E-state index in [0.717, 1.165) is 5.57 Å². The van der Waals surface area contributed by atoms with Crippen LogP contribution >= 0.6 is 11.8 Å². The molecule has 0 spiro atoms. The Morgan fingerprint density at radius 2 is 2.24 bits per heavy atom. The average Bonchev–Trinajstić information content (AvgIpc) is 2.70. The van der Waals surface area contributed by atoms with Crippen LogP contribution in [0, 0.1) is 12.0 Å². The van der Waals surface area contributed by atoms with Crippen LogP contribution in [0.25, 0.3) is 0 Å². The summed E-state index contributed by atoms with van der Waals surface area (Å²) in [5.74, 6) is -0.825. The second kappa shape index (κ2) is 12.9. The van der Waals surface area contributed by atoms with Crippen LogP contribution in [0.15, 0.2) is 78.1 Å². The summed E-state index contributed by atoms with van der Waals surface area (Å²) in [5, 5.41) is 1.88. The molecule has 2 unspecified atom stereocenters. The molecule has 1 amide bonds. The average molecular weight is 443 g/mol. The van der Waals surface area contributed by atoms with E-state index in [4.69, 9.17) is 9.57 Å². The number of halogens is 1. The van der Waals surface area contributed by atoms with Crippen LogP contribution in [0.2, 0.25) is 0 Å². The van der Waals surface area contributed by atoms with Crippen LogP contribution in [0.3, 0.4) is 0 Å². The molecule has 0 aliphatic carbocycles. The van der Waals surface area contributed by atoms with Crippen molar-refractivity contribution in [3.63, 3.8) is 0 Å². The van der Waals surface area contributed by atoms with E-state index in [2.05, 4.69) is 31.3 Å². The Balaban J connectivity index is 0.00000420. The molecule has 1 saturated heterocycles. The molecule has 2 aliphatic rings. The first-order chi connectivity index (χ1) is 13.4. The molecule has 1 fully saturated rings. The minimum atomic E-state index is -0.752. The molecular formula is C21H24FKN2O3S. The van der Waals surface area contributed by atoms with Gasteiger partial charge in [-0.3, -0.25) is 4.79 Å². The maximum Gasteiger partial charge on any atom is 1.00 e. The van der Waals surface area contributed by atoms with Crippen molar-refractivity contribution in [1.82, 2.24) is 10.4 Å². The van der Waals surface area contributed by atoms with Crippen molar-refractivity contribution >= 4 is 17.7 Å². The Bertz CT molecular complexity index is 789. The smallest absolute Gasteiger partial charge is 0.513 e. The molecule has 150 valence electrons. The zero-order chi connectivity index (χ0) is 20.7. The van der Waals surface area contributed by atoms with E-state index in [0.29, 0.717) is 24.4 Å². The van der Waals surface area contributed by atoms with Gasteiger partial charge < -0.3 is 14.5 Å². The van der Waals surface area contributed by atoms with E-state index < -0.39 is 11.9 Å². The molecule has 0 radical (unpaired) electrons. The van der Waals surface area contributed by atoms with E-state index in [9.17, 15) is 9.18 Å². The Morgan fingerprint density at radius 3 is 2.86 bits per heavy atom. The monoisotopic (exact) mass is 442 g/mol. The van der Waals surface area contributed by atoms with Crippen LogP contribution in [-0.2, 0) is 14.4 Å². The number of amides is 1. The third kappa shape index (κ3) is 6.63. The number of thioether (sulfide) groups is 1. The van der Waals surface area contributed by atoms with Crippen molar-refractivity contribution in [3.8, 4) is 0 Å². The number of likely N-dealkylation sites (N-methyl/N-ethyl adjacent to an activating group) is 1. The zero-order valence-corrected chi connectivity index (χ0v) is 21.0. The standard InChI is InChI=1S/C21H24FN2O3S.K/c1-6-8-18(22)14(3)27-19(7-2)15(10-12-28-5)17-13-24(4)21(25)20-16(17)9-11-26-23-20;/h6-7,10,12-13,16,20,23H,1-3,9,11H2,4-5H3;/q-1;+1/b12-10+,19-15-;. The largest absolute Gasteiger partial charge is 1.00 e. The molecule has 2 heterocycles. The number of rotatable bonds is 8. The predicted octanol–water partition coefficient (Wildman–Crippen LogP) is 0.946. The molecule has 2 atom stereocenters. The third-order valence-electron chi connectivity index (χ3n) is 4.33. The molecule has 0 bridgehead atoms. The summed E-state index contributed by atoms with van der Waals surface area (Å²) in [4.78, 5) is 19.3. The molecule has 2 aliphatic heterocycles. The molecule has 0 saturated carbocycles. The van der Waals surface area contributed by atoms with E-state index in [1.807, 2.05) is 17.7 Å². The summed E-state index contributed by atoms with van der Waals surface area (Å²) < 4.78 is 19.6. The van der Waals surface area contributed by atoms with Crippen LogP contribution in [0.5, 0.6) is 0 Å². The van der Waals surface area contributed by atoms with E-state index in [1.165, 1.54) is 28.8 Å². The quantitative estimate of drug-likeness (QED) is 0.263. The van der Waals surface area contributed by atoms with Crippen molar-refractivity contribution in [2.24, 2.45) is 5.92 Å². The number of ether oxygens (including phenoxy) is 1. The van der Waals surface area contributed by atoms with Gasteiger partial charge in [0.05, 0.1) is 18.2 Å². The molecule has 5 nitrogen and oxygen atoms in total. The Labute approximate surface area is 218 Å². The molecule has 2 rings (SSSR count). The summed E-state index contributed by atoms with van der Waals surface area (Å²) >= 11 is 1.51. The summed E-state index contributed by atoms with van der Waals surface area (Å²) in [6, 6.07) is -0.503. The van der Waals surface area contributed by atoms with E-state index in [-0.39, 0.29) is 69.0 Å². The van der Waals surface area contributed by atoms with Crippen molar-refractivity contribution < 1.29 is 70.1 Å². The number of fused-ring (bicyclic) bond motifs is 1. The van der Waals surface area contributed by atoms with Gasteiger partial charge in [0, 0.05) is 24.7 Å². The maximum absolute atomic E-state index is 14.0. The number of nitrogens with zero attached hydrogens (tertiary/aromatic N) is 1. The molecule has 0 aromatic heterocycles. The second-order valence-corrected chi connectivity index (χ2v) is 6.82. The Hall–Kier alpha value is -0.714. The first kappa shape index (κ1) is 26.3. The number of carbonyl (C=O) groups is 1. The number of carbonyl (C=O) groups excluding carboxylic acids is 1. The first-order valence-corrected chi connectivity index (χ1v) is 9.92. The topological polar surface area (TPSA) is 50.8 Å². The SMILES string of the molecule is C=C[C-]=C(F)C(=C)O/C(C=C)=C(/C=C/SC)C1=CN(C)C(=O)C2NOCCC12.[K+]. The number of hydrogen-bond acceptors (Lipinski definition) is 5. The second-order valence-electron chi connectivity index (χ2n) is 6.08. The van der Waals surface area contributed by atoms with E-state index >= 15 is 0 Å². The molecular weight excluding hydrogens is 418 g/mol. The van der Waals surface area contributed by atoms with Crippen molar-refractivity contribution in [1.29, 1.82) is 0 Å². The van der Waals surface area contributed by atoms with Gasteiger partial charge >= 0.3 is 51.4 Å². The third-order valence-corrected chi connectivity index (χ3v) is 4.74. The fraction of sp³-hybridized carbons (Fsp3) is 0.286. The molecule has 0 aromatic carbocycles. The fourth-order valence-electron chi connectivity index (χ4n) is 3.01. The van der Waals surface area contributed by atoms with Crippen molar-refractivity contribution in [2.45, 2.75) is 12.5 Å². The van der Waals surface area contributed by atoms with Gasteiger partial charge in [-0.25, -0.2) is 4.39 Å². The number of nitrogens with one attached hydrogen (secondary N) is 1. The number of hydroxylamine groups is 1. The van der Waals surface area contributed by atoms with Gasteiger partial charge in [0.1, 0.15) is 11.8 Å². The van der Waals surface area contributed by atoms with E-state index in [1.54, 1.807) is 13.2 Å². The summed E-state index contributed by atoms with van der Waals surface area (Å²) in [6.45, 7) is 11.3. The molecule has 0 aromatic rings. The van der Waals surface area contributed by atoms with Crippen molar-refractivity contribution in [3.05, 3.63) is 84.1 Å². The van der Waals surface area contributed by atoms with Crippen LogP contribution in [-0.4, -0.2) is 36.8 Å². The number of hydrogen-bond donors (Lipinski definition) is 1. The normalized spacial score (nSPS) is 22.9. The van der Waals surface area contributed by atoms with Gasteiger partial charge in [-0.15, -0.1) is 24.4 Å². The summed E-state index contributed by atoms with van der Waals surface area (Å²) in [6.07, 6.45) is 11.2. The summed E-state index contributed by atoms with van der Waals surface area (Å²) in [7, 11) is 1.68. The van der Waals surface area contributed by atoms with Gasteiger partial charge in [0.15, 0.2) is 0 Å². The van der Waals surface area contributed by atoms with Gasteiger partial charge in [-0.05, 0) is 35.8 Å². The van der Waals surface area contributed by atoms with Gasteiger partial charge in [-0.2, -0.15) is 18.1 Å². The Kier molecular flexibility index (Phi) is 11.7. The number of allylic oxidation sites excluding steroid dienone is 6. The fourth-order valence-corrected chi connectivity index (χ4v) is 3.28. The van der Waals surface area contributed by atoms with Gasteiger partial charge in [0.2, 0.25) is 5.91 Å².